The molecule has 0 saturated carbocycles. The van der Waals surface area contributed by atoms with Gasteiger partial charge in [0.05, 0.1) is 12.2 Å². The maximum Gasteiger partial charge on any atom is 0.0828 e. The smallest absolute Gasteiger partial charge is 0.0828 e. The van der Waals surface area contributed by atoms with Crippen molar-refractivity contribution >= 4 is 0 Å². The maximum absolute atomic E-state index is 5.65. The van der Waals surface area contributed by atoms with Gasteiger partial charge in [0.15, 0.2) is 0 Å². The van der Waals surface area contributed by atoms with Crippen LogP contribution in [0, 0.1) is 0 Å². The summed E-state index contributed by atoms with van der Waals surface area (Å²) < 4.78 is 5.65. The lowest BCUT2D eigenvalue weighted by Crippen LogP contribution is -2.49. The Balaban J connectivity index is 2.34. The molecular formula is C9H20N2O. The molecule has 1 rings (SSSR count). The molecule has 2 atom stereocenters. The van der Waals surface area contributed by atoms with E-state index in [4.69, 9.17) is 10.5 Å². The van der Waals surface area contributed by atoms with Gasteiger partial charge in [-0.25, -0.2) is 0 Å². The van der Waals surface area contributed by atoms with Gasteiger partial charge in [0.2, 0.25) is 0 Å². The molecule has 2 N–H and O–H groups in total. The summed E-state index contributed by atoms with van der Waals surface area (Å²) in [7, 11) is 0. The highest BCUT2D eigenvalue weighted by atomic mass is 16.5. The van der Waals surface area contributed by atoms with Crippen LogP contribution >= 0.6 is 0 Å². The summed E-state index contributed by atoms with van der Waals surface area (Å²) in [4.78, 5) is 2.44. The van der Waals surface area contributed by atoms with Gasteiger partial charge in [-0.1, -0.05) is 6.92 Å². The zero-order valence-corrected chi connectivity index (χ0v) is 8.12. The highest BCUT2D eigenvalue weighted by molar-refractivity contribution is 4.75. The molecule has 1 aliphatic rings. The summed E-state index contributed by atoms with van der Waals surface area (Å²) in [6.45, 7) is 8.20. The predicted molar refractivity (Wildman–Crippen MR) is 50.1 cm³/mol. The lowest BCUT2D eigenvalue weighted by atomic mass is 10.2. The van der Waals surface area contributed by atoms with E-state index < -0.39 is 0 Å². The minimum atomic E-state index is 0.250. The summed E-state index contributed by atoms with van der Waals surface area (Å²) >= 11 is 0. The highest BCUT2D eigenvalue weighted by Crippen LogP contribution is 2.10. The van der Waals surface area contributed by atoms with E-state index in [-0.39, 0.29) is 6.10 Å². The Bertz CT molecular complexity index is 130. The van der Waals surface area contributed by atoms with Crippen LogP contribution in [0.2, 0.25) is 0 Å². The molecule has 0 aromatic rings. The van der Waals surface area contributed by atoms with Crippen LogP contribution in [0.3, 0.4) is 0 Å². The number of nitrogens with two attached hydrogens (primary N) is 1. The van der Waals surface area contributed by atoms with Crippen molar-refractivity contribution in [3.63, 3.8) is 0 Å². The Hall–Kier alpha value is -0.120. The van der Waals surface area contributed by atoms with E-state index in [1.807, 2.05) is 0 Å². The number of hydrogen-bond acceptors (Lipinski definition) is 3. The van der Waals surface area contributed by atoms with Crippen molar-refractivity contribution in [2.75, 3.05) is 26.2 Å². The average Bonchev–Trinajstić information content (AvgIpc) is 2.04. The zero-order chi connectivity index (χ0) is 8.97. The molecule has 1 heterocycles. The van der Waals surface area contributed by atoms with Crippen LogP contribution in [0.4, 0.5) is 0 Å². The number of rotatable bonds is 3. The van der Waals surface area contributed by atoms with Gasteiger partial charge >= 0.3 is 0 Å². The zero-order valence-electron chi connectivity index (χ0n) is 8.12. The molecule has 0 bridgehead atoms. The summed E-state index contributed by atoms with van der Waals surface area (Å²) in [5.41, 5.74) is 5.57. The first-order valence-electron chi connectivity index (χ1n) is 4.84. The maximum atomic E-state index is 5.65. The summed E-state index contributed by atoms with van der Waals surface area (Å²) in [6, 6.07) is 0. The minimum absolute atomic E-state index is 0.250. The molecule has 1 fully saturated rings. The first kappa shape index (κ1) is 9.96. The van der Waals surface area contributed by atoms with Crippen LogP contribution in [-0.2, 0) is 4.74 Å². The number of morpholine rings is 1. The quantitative estimate of drug-likeness (QED) is 0.671. The highest BCUT2D eigenvalue weighted by Gasteiger charge is 2.23. The Labute approximate surface area is 74.9 Å². The molecule has 0 aromatic heterocycles. The molecule has 1 aliphatic heterocycles. The first-order valence-corrected chi connectivity index (χ1v) is 4.84. The van der Waals surface area contributed by atoms with Crippen LogP contribution in [0.5, 0.6) is 0 Å². The Morgan fingerprint density at radius 2 is 2.25 bits per heavy atom. The van der Waals surface area contributed by atoms with Crippen molar-refractivity contribution in [1.29, 1.82) is 0 Å². The fourth-order valence-electron chi connectivity index (χ4n) is 1.77. The minimum Gasteiger partial charge on any atom is -0.371 e. The van der Waals surface area contributed by atoms with Crippen molar-refractivity contribution in [2.24, 2.45) is 5.73 Å². The van der Waals surface area contributed by atoms with Gasteiger partial charge in [0, 0.05) is 19.6 Å². The van der Waals surface area contributed by atoms with E-state index >= 15 is 0 Å². The number of nitrogens with zero attached hydrogens (tertiary/aromatic N) is 1. The summed E-state index contributed by atoms with van der Waals surface area (Å²) in [6.07, 6.45) is 1.81. The van der Waals surface area contributed by atoms with E-state index in [1.165, 1.54) is 13.0 Å². The van der Waals surface area contributed by atoms with E-state index in [9.17, 15) is 0 Å². The second-order valence-corrected chi connectivity index (χ2v) is 3.56. The van der Waals surface area contributed by atoms with Crippen molar-refractivity contribution in [1.82, 2.24) is 4.90 Å². The SMILES string of the molecule is CCCN1CC(C)OC(CN)C1. The third-order valence-electron chi connectivity index (χ3n) is 2.20. The van der Waals surface area contributed by atoms with Crippen molar-refractivity contribution < 1.29 is 4.74 Å². The summed E-state index contributed by atoms with van der Waals surface area (Å²) in [5, 5.41) is 0. The molecule has 3 nitrogen and oxygen atoms in total. The number of ether oxygens (including phenoxy) is 1. The van der Waals surface area contributed by atoms with Gasteiger partial charge in [-0.3, -0.25) is 4.90 Å². The Morgan fingerprint density at radius 3 is 2.83 bits per heavy atom. The van der Waals surface area contributed by atoms with Gasteiger partial charge in [0.25, 0.3) is 0 Å². The van der Waals surface area contributed by atoms with Crippen molar-refractivity contribution in [3.05, 3.63) is 0 Å². The van der Waals surface area contributed by atoms with Gasteiger partial charge in [-0.2, -0.15) is 0 Å². The second-order valence-electron chi connectivity index (χ2n) is 3.56. The predicted octanol–water partition coefficient (Wildman–Crippen LogP) is 0.444. The fourth-order valence-corrected chi connectivity index (χ4v) is 1.77. The van der Waals surface area contributed by atoms with Crippen molar-refractivity contribution in [2.45, 2.75) is 32.5 Å². The molecule has 0 amide bonds. The van der Waals surface area contributed by atoms with Gasteiger partial charge in [0.1, 0.15) is 0 Å². The second kappa shape index (κ2) is 4.80. The third kappa shape index (κ3) is 2.73. The molecule has 2 unspecified atom stereocenters. The van der Waals surface area contributed by atoms with E-state index in [2.05, 4.69) is 18.7 Å². The largest absolute Gasteiger partial charge is 0.371 e. The van der Waals surface area contributed by atoms with Gasteiger partial charge in [-0.05, 0) is 19.9 Å². The molecule has 1 saturated heterocycles. The molecule has 0 aliphatic carbocycles. The number of hydrogen-bond donors (Lipinski definition) is 1. The summed E-state index contributed by atoms with van der Waals surface area (Å²) in [5.74, 6) is 0. The molecule has 12 heavy (non-hydrogen) atoms. The topological polar surface area (TPSA) is 38.5 Å². The first-order chi connectivity index (χ1) is 5.76. The molecule has 0 aromatic carbocycles. The molecule has 3 heteroatoms. The Kier molecular flexibility index (Phi) is 3.98. The molecule has 0 spiro atoms. The lowest BCUT2D eigenvalue weighted by molar-refractivity contribution is -0.0718. The fraction of sp³-hybridized carbons (Fsp3) is 1.00. The van der Waals surface area contributed by atoms with Crippen LogP contribution in [-0.4, -0.2) is 43.3 Å². The van der Waals surface area contributed by atoms with Crippen LogP contribution in [0.1, 0.15) is 20.3 Å². The van der Waals surface area contributed by atoms with E-state index in [1.54, 1.807) is 0 Å². The Morgan fingerprint density at radius 1 is 1.50 bits per heavy atom. The molecular weight excluding hydrogens is 152 g/mol. The van der Waals surface area contributed by atoms with Crippen molar-refractivity contribution in [3.8, 4) is 0 Å². The van der Waals surface area contributed by atoms with Gasteiger partial charge < -0.3 is 10.5 Å². The van der Waals surface area contributed by atoms with E-state index in [0.717, 1.165) is 13.1 Å². The van der Waals surface area contributed by atoms with Crippen LogP contribution in [0.15, 0.2) is 0 Å². The molecule has 72 valence electrons. The third-order valence-corrected chi connectivity index (χ3v) is 2.20. The van der Waals surface area contributed by atoms with Gasteiger partial charge in [-0.15, -0.1) is 0 Å². The van der Waals surface area contributed by atoms with Crippen LogP contribution < -0.4 is 5.73 Å². The molecule has 0 radical (unpaired) electrons. The average molecular weight is 172 g/mol. The van der Waals surface area contributed by atoms with E-state index in [0.29, 0.717) is 12.6 Å². The lowest BCUT2D eigenvalue weighted by Gasteiger charge is -2.36. The van der Waals surface area contributed by atoms with Crippen LogP contribution in [0.25, 0.3) is 0 Å². The normalized spacial score (nSPS) is 32.2. The monoisotopic (exact) mass is 172 g/mol. The standard InChI is InChI=1S/C9H20N2O/c1-3-4-11-6-8(2)12-9(5-10)7-11/h8-9H,3-7,10H2,1-2H3.